The quantitative estimate of drug-likeness (QED) is 0.502. The Labute approximate surface area is 69.2 Å². The number of carbonyl (C=O) groups excluding carboxylic acids is 1. The van der Waals surface area contributed by atoms with Gasteiger partial charge in [0.25, 0.3) is 0 Å². The van der Waals surface area contributed by atoms with Gasteiger partial charge in [-0.25, -0.2) is 0 Å². The maximum Gasteiger partial charge on any atom is 0.400 e. The van der Waals surface area contributed by atoms with E-state index in [4.69, 9.17) is 7.98 Å². The zero-order chi connectivity index (χ0) is 9.52. The summed E-state index contributed by atoms with van der Waals surface area (Å²) < 4.78 is 36.2. The highest BCUT2D eigenvalue weighted by Crippen LogP contribution is 2.36. The zero-order valence-corrected chi connectivity index (χ0v) is 6.43. The predicted octanol–water partition coefficient (Wildman–Crippen LogP) is 0.869. The molecule has 1 aliphatic rings. The van der Waals surface area contributed by atoms with Gasteiger partial charge in [0, 0.05) is 6.04 Å². The number of halogens is 3. The molecule has 0 bridgehead atoms. The number of nitrogens with zero attached hydrogens (tertiary/aromatic N) is 1. The average Bonchev–Trinajstić information content (AvgIpc) is 2.15. The molecule has 2 radical (unpaired) electrons. The van der Waals surface area contributed by atoms with Gasteiger partial charge in [0.2, 0.25) is 13.9 Å². The SMILES string of the molecule is [B]N1C(=O)C(C(F)(F)F)CC1C. The van der Waals surface area contributed by atoms with Crippen LogP contribution in [0.15, 0.2) is 0 Å². The fraction of sp³-hybridized carbons (Fsp3) is 0.833. The largest absolute Gasteiger partial charge is 0.400 e. The second-order valence-electron chi connectivity index (χ2n) is 2.92. The maximum atomic E-state index is 12.1. The van der Waals surface area contributed by atoms with Crippen LogP contribution in [-0.2, 0) is 4.79 Å². The van der Waals surface area contributed by atoms with Crippen molar-refractivity contribution in [2.75, 3.05) is 0 Å². The molecule has 0 spiro atoms. The third-order valence-corrected chi connectivity index (χ3v) is 2.00. The number of alkyl halides is 3. The second kappa shape index (κ2) is 2.67. The van der Waals surface area contributed by atoms with E-state index in [0.29, 0.717) is 4.81 Å². The Morgan fingerprint density at radius 3 is 2.25 bits per heavy atom. The van der Waals surface area contributed by atoms with Gasteiger partial charge in [0.15, 0.2) is 0 Å². The number of hydrogen-bond donors (Lipinski definition) is 0. The van der Waals surface area contributed by atoms with Crippen molar-refractivity contribution in [3.63, 3.8) is 0 Å². The molecule has 2 atom stereocenters. The van der Waals surface area contributed by atoms with Crippen molar-refractivity contribution in [2.45, 2.75) is 25.6 Å². The Kier molecular flexibility index (Phi) is 2.10. The Hall–Kier alpha value is -0.675. The molecule has 0 saturated carbocycles. The van der Waals surface area contributed by atoms with Crippen LogP contribution >= 0.6 is 0 Å². The van der Waals surface area contributed by atoms with Gasteiger partial charge in [-0.3, -0.25) is 4.79 Å². The molecule has 1 saturated heterocycles. The van der Waals surface area contributed by atoms with Crippen LogP contribution in [0.2, 0.25) is 0 Å². The van der Waals surface area contributed by atoms with Gasteiger partial charge < -0.3 is 4.81 Å². The van der Waals surface area contributed by atoms with Crippen LogP contribution in [0.3, 0.4) is 0 Å². The molecule has 0 aliphatic carbocycles. The van der Waals surface area contributed by atoms with Gasteiger partial charge in [-0.1, -0.05) is 0 Å². The van der Waals surface area contributed by atoms with Gasteiger partial charge in [0.05, 0.1) is 0 Å². The van der Waals surface area contributed by atoms with Crippen molar-refractivity contribution in [3.8, 4) is 0 Å². The minimum absolute atomic E-state index is 0.237. The topological polar surface area (TPSA) is 20.3 Å². The summed E-state index contributed by atoms with van der Waals surface area (Å²) >= 11 is 0. The molecule has 1 heterocycles. The molecule has 1 amide bonds. The summed E-state index contributed by atoms with van der Waals surface area (Å²) in [6.45, 7) is 1.49. The number of carbonyl (C=O) groups is 1. The van der Waals surface area contributed by atoms with E-state index in [1.807, 2.05) is 0 Å². The Morgan fingerprint density at radius 1 is 1.58 bits per heavy atom. The average molecular weight is 177 g/mol. The van der Waals surface area contributed by atoms with Crippen molar-refractivity contribution in [1.82, 2.24) is 4.81 Å². The number of hydrogen-bond acceptors (Lipinski definition) is 1. The van der Waals surface area contributed by atoms with Crippen LogP contribution in [0.5, 0.6) is 0 Å². The lowest BCUT2D eigenvalue weighted by Crippen LogP contribution is -2.33. The first-order valence-electron chi connectivity index (χ1n) is 3.48. The summed E-state index contributed by atoms with van der Waals surface area (Å²) in [4.78, 5) is 11.5. The van der Waals surface area contributed by atoms with Gasteiger partial charge in [-0.15, -0.1) is 0 Å². The molecule has 0 aromatic heterocycles. The molecule has 1 fully saturated rings. The lowest BCUT2D eigenvalue weighted by Gasteiger charge is -2.15. The molecule has 0 N–H and O–H groups in total. The minimum atomic E-state index is -4.46. The second-order valence-corrected chi connectivity index (χ2v) is 2.92. The summed E-state index contributed by atoms with van der Waals surface area (Å²) in [7, 11) is 5.09. The van der Waals surface area contributed by atoms with E-state index in [9.17, 15) is 18.0 Å². The lowest BCUT2D eigenvalue weighted by molar-refractivity contribution is -0.179. The van der Waals surface area contributed by atoms with E-state index in [2.05, 4.69) is 0 Å². The van der Waals surface area contributed by atoms with Crippen LogP contribution in [0.25, 0.3) is 0 Å². The number of rotatable bonds is 0. The third kappa shape index (κ3) is 1.42. The molecule has 1 rings (SSSR count). The summed E-state index contributed by atoms with van der Waals surface area (Å²) in [5.41, 5.74) is 0. The summed E-state index contributed by atoms with van der Waals surface area (Å²) in [5.74, 6) is -2.94. The van der Waals surface area contributed by atoms with E-state index in [-0.39, 0.29) is 6.42 Å². The van der Waals surface area contributed by atoms with Gasteiger partial charge >= 0.3 is 6.18 Å². The van der Waals surface area contributed by atoms with Crippen LogP contribution in [0.1, 0.15) is 13.3 Å². The maximum absolute atomic E-state index is 12.1. The molecular formula is C6H7BF3NO. The van der Waals surface area contributed by atoms with E-state index >= 15 is 0 Å². The van der Waals surface area contributed by atoms with Crippen molar-refractivity contribution in [2.24, 2.45) is 5.92 Å². The summed E-state index contributed by atoms with van der Waals surface area (Å²) in [6, 6.07) is -0.524. The highest BCUT2D eigenvalue weighted by molar-refractivity contribution is 6.15. The van der Waals surface area contributed by atoms with E-state index in [0.717, 1.165) is 0 Å². The minimum Gasteiger partial charge on any atom is -0.394 e. The molecule has 2 unspecified atom stereocenters. The monoisotopic (exact) mass is 177 g/mol. The van der Waals surface area contributed by atoms with E-state index < -0.39 is 24.0 Å². The first kappa shape index (κ1) is 9.41. The normalized spacial score (nSPS) is 31.3. The van der Waals surface area contributed by atoms with Crippen LogP contribution in [0, 0.1) is 5.92 Å². The van der Waals surface area contributed by atoms with Gasteiger partial charge in [-0.2, -0.15) is 13.2 Å². The van der Waals surface area contributed by atoms with E-state index in [1.165, 1.54) is 6.92 Å². The molecular weight excluding hydrogens is 170 g/mol. The van der Waals surface area contributed by atoms with Crippen molar-refractivity contribution >= 4 is 13.9 Å². The Balaban J connectivity index is 2.78. The molecule has 0 aromatic rings. The van der Waals surface area contributed by atoms with Crippen LogP contribution in [-0.4, -0.2) is 30.9 Å². The third-order valence-electron chi connectivity index (χ3n) is 2.00. The molecule has 2 nitrogen and oxygen atoms in total. The molecule has 66 valence electrons. The molecule has 6 heteroatoms. The fourth-order valence-corrected chi connectivity index (χ4v) is 1.23. The Bertz CT molecular complexity index is 205. The van der Waals surface area contributed by atoms with Crippen LogP contribution < -0.4 is 0 Å². The molecule has 12 heavy (non-hydrogen) atoms. The summed E-state index contributed by atoms with van der Waals surface area (Å²) in [6.07, 6.45) is -4.70. The number of amides is 1. The van der Waals surface area contributed by atoms with Gasteiger partial charge in [0.1, 0.15) is 5.92 Å². The predicted molar refractivity (Wildman–Crippen MR) is 36.2 cm³/mol. The van der Waals surface area contributed by atoms with Crippen molar-refractivity contribution in [3.05, 3.63) is 0 Å². The highest BCUT2D eigenvalue weighted by atomic mass is 19.4. The lowest BCUT2D eigenvalue weighted by atomic mass is 10.1. The Morgan fingerprint density at radius 2 is 2.08 bits per heavy atom. The van der Waals surface area contributed by atoms with Crippen molar-refractivity contribution in [1.29, 1.82) is 0 Å². The zero-order valence-electron chi connectivity index (χ0n) is 6.43. The molecule has 1 aliphatic heterocycles. The standard InChI is InChI=1S/C6H7BF3NO/c1-3-2-4(6(8,9)10)5(12)11(3)7/h3-4H,2H2,1H3. The van der Waals surface area contributed by atoms with Gasteiger partial charge in [-0.05, 0) is 13.3 Å². The van der Waals surface area contributed by atoms with Crippen LogP contribution in [0.4, 0.5) is 13.2 Å². The highest BCUT2D eigenvalue weighted by Gasteiger charge is 2.50. The first-order valence-corrected chi connectivity index (χ1v) is 3.48. The first-order chi connectivity index (χ1) is 5.34. The molecule has 0 aromatic carbocycles. The van der Waals surface area contributed by atoms with E-state index in [1.54, 1.807) is 0 Å². The fourth-order valence-electron chi connectivity index (χ4n) is 1.23. The van der Waals surface area contributed by atoms with Crippen molar-refractivity contribution < 1.29 is 18.0 Å². The smallest absolute Gasteiger partial charge is 0.394 e. The summed E-state index contributed by atoms with van der Waals surface area (Å²) in [5, 5.41) is 0.